The Hall–Kier alpha value is -2.80. The number of benzene rings is 2. The molecule has 30 heavy (non-hydrogen) atoms. The van der Waals surface area contributed by atoms with E-state index >= 15 is 0 Å². The molecule has 0 aliphatic rings. The Morgan fingerprint density at radius 3 is 2.53 bits per heavy atom. The van der Waals surface area contributed by atoms with Gasteiger partial charge < -0.3 is 10.1 Å². The van der Waals surface area contributed by atoms with Crippen molar-refractivity contribution in [2.45, 2.75) is 50.2 Å². The number of hydrogen-bond acceptors (Lipinski definition) is 5. The Morgan fingerprint density at radius 2 is 1.87 bits per heavy atom. The lowest BCUT2D eigenvalue weighted by Crippen LogP contribution is -2.32. The number of thioether (sulfide) groups is 1. The number of fused-ring (bicyclic) bond motifs is 1. The van der Waals surface area contributed by atoms with Crippen molar-refractivity contribution in [2.24, 2.45) is 0 Å². The van der Waals surface area contributed by atoms with Gasteiger partial charge in [0.1, 0.15) is 5.75 Å². The molecule has 0 spiro atoms. The molecule has 1 N–H and O–H groups in total. The zero-order valence-corrected chi connectivity index (χ0v) is 18.5. The first kappa shape index (κ1) is 21.9. The van der Waals surface area contributed by atoms with Crippen LogP contribution in [0.4, 0.5) is 0 Å². The van der Waals surface area contributed by atoms with Crippen molar-refractivity contribution in [3.63, 3.8) is 0 Å². The number of ether oxygens (including phenoxy) is 1. The monoisotopic (exact) mass is 425 g/mol. The van der Waals surface area contributed by atoms with Crippen LogP contribution in [0.2, 0.25) is 0 Å². The quantitative estimate of drug-likeness (QED) is 0.433. The Balaban J connectivity index is 1.78. The molecule has 1 aromatic heterocycles. The fourth-order valence-corrected chi connectivity index (χ4v) is 4.10. The van der Waals surface area contributed by atoms with Gasteiger partial charge in [-0.05, 0) is 50.1 Å². The van der Waals surface area contributed by atoms with Crippen LogP contribution in [0.5, 0.6) is 5.75 Å². The number of rotatable bonds is 8. The minimum absolute atomic E-state index is 0.00772. The predicted octanol–water partition coefficient (Wildman–Crippen LogP) is 4.17. The van der Waals surface area contributed by atoms with Gasteiger partial charge in [-0.15, -0.1) is 0 Å². The average Bonchev–Trinajstić information content (AvgIpc) is 2.77. The summed E-state index contributed by atoms with van der Waals surface area (Å²) < 4.78 is 6.86. The molecule has 6 nitrogen and oxygen atoms in total. The van der Waals surface area contributed by atoms with Crippen LogP contribution >= 0.6 is 11.8 Å². The Bertz CT molecular complexity index is 1080. The van der Waals surface area contributed by atoms with Crippen molar-refractivity contribution < 1.29 is 9.53 Å². The van der Waals surface area contributed by atoms with Crippen molar-refractivity contribution in [1.82, 2.24) is 14.9 Å². The maximum atomic E-state index is 13.1. The van der Waals surface area contributed by atoms with Crippen molar-refractivity contribution in [2.75, 3.05) is 7.11 Å². The summed E-state index contributed by atoms with van der Waals surface area (Å²) in [6.07, 6.45) is 0.797. The number of hydrogen-bond donors (Lipinski definition) is 1. The molecule has 0 aliphatic carbocycles. The fraction of sp³-hybridized carbons (Fsp3) is 0.348. The molecule has 1 heterocycles. The number of nitrogens with zero attached hydrogens (tertiary/aromatic N) is 2. The zero-order valence-electron chi connectivity index (χ0n) is 17.7. The molecule has 0 aliphatic heterocycles. The van der Waals surface area contributed by atoms with Crippen LogP contribution in [0, 0.1) is 0 Å². The molecule has 158 valence electrons. The van der Waals surface area contributed by atoms with E-state index in [2.05, 4.69) is 5.32 Å². The second-order valence-electron chi connectivity index (χ2n) is 7.17. The lowest BCUT2D eigenvalue weighted by Gasteiger charge is -2.20. The van der Waals surface area contributed by atoms with E-state index in [0.29, 0.717) is 22.6 Å². The van der Waals surface area contributed by atoms with Gasteiger partial charge in [0.05, 0.1) is 23.3 Å². The molecule has 0 unspecified atom stereocenters. The third kappa shape index (κ3) is 4.84. The molecule has 2 atom stereocenters. The lowest BCUT2D eigenvalue weighted by molar-refractivity contribution is -0.120. The van der Waals surface area contributed by atoms with E-state index in [1.165, 1.54) is 11.8 Å². The van der Waals surface area contributed by atoms with Crippen LogP contribution in [0.1, 0.15) is 38.8 Å². The molecule has 3 aromatic rings. The molecule has 0 radical (unpaired) electrons. The van der Waals surface area contributed by atoms with Crippen LogP contribution < -0.4 is 15.6 Å². The zero-order chi connectivity index (χ0) is 21.7. The fourth-order valence-electron chi connectivity index (χ4n) is 3.07. The summed E-state index contributed by atoms with van der Waals surface area (Å²) in [7, 11) is 1.62. The van der Waals surface area contributed by atoms with Crippen LogP contribution in [-0.4, -0.2) is 27.8 Å². The van der Waals surface area contributed by atoms with Crippen molar-refractivity contribution in [1.29, 1.82) is 0 Å². The highest BCUT2D eigenvalue weighted by Gasteiger charge is 2.21. The highest BCUT2D eigenvalue weighted by atomic mass is 32.2. The Kier molecular flexibility index (Phi) is 7.15. The van der Waals surface area contributed by atoms with Crippen LogP contribution in [-0.2, 0) is 11.3 Å². The SMILES string of the molecule is CC[C@H](C)n1c(S[C@H](C)C(=O)NCc2ccc(OC)cc2)nc2ccccc2c1=O. The van der Waals surface area contributed by atoms with E-state index in [1.807, 2.05) is 63.2 Å². The molecule has 0 bridgehead atoms. The normalized spacial score (nSPS) is 13.1. The Labute approximate surface area is 180 Å². The van der Waals surface area contributed by atoms with Crippen LogP contribution in [0.25, 0.3) is 10.9 Å². The van der Waals surface area contributed by atoms with E-state index in [9.17, 15) is 9.59 Å². The van der Waals surface area contributed by atoms with Crippen LogP contribution in [0.15, 0.2) is 58.5 Å². The minimum Gasteiger partial charge on any atom is -0.497 e. The number of amides is 1. The molecule has 0 saturated heterocycles. The summed E-state index contributed by atoms with van der Waals surface area (Å²) in [5, 5.41) is 3.72. The topological polar surface area (TPSA) is 73.2 Å². The molecule has 3 rings (SSSR count). The molecule has 0 fully saturated rings. The number of aromatic nitrogens is 2. The average molecular weight is 426 g/mol. The summed E-state index contributed by atoms with van der Waals surface area (Å²) in [4.78, 5) is 30.4. The third-order valence-electron chi connectivity index (χ3n) is 5.08. The molecule has 7 heteroatoms. The molecule has 2 aromatic carbocycles. The smallest absolute Gasteiger partial charge is 0.262 e. The number of carbonyl (C=O) groups excluding carboxylic acids is 1. The maximum Gasteiger partial charge on any atom is 0.262 e. The van der Waals surface area contributed by atoms with Gasteiger partial charge in [-0.3, -0.25) is 14.2 Å². The predicted molar refractivity (Wildman–Crippen MR) is 121 cm³/mol. The van der Waals surface area contributed by atoms with Gasteiger partial charge in [0.25, 0.3) is 5.56 Å². The lowest BCUT2D eigenvalue weighted by atomic mass is 10.2. The van der Waals surface area contributed by atoms with E-state index in [0.717, 1.165) is 17.7 Å². The molecule has 0 saturated carbocycles. The summed E-state index contributed by atoms with van der Waals surface area (Å²) in [5.74, 6) is 0.674. The minimum atomic E-state index is -0.397. The first-order valence-electron chi connectivity index (χ1n) is 10.0. The molecular weight excluding hydrogens is 398 g/mol. The summed E-state index contributed by atoms with van der Waals surface area (Å²) >= 11 is 1.31. The molecule has 1 amide bonds. The summed E-state index contributed by atoms with van der Waals surface area (Å²) in [6, 6.07) is 14.9. The number of nitrogens with one attached hydrogen (secondary N) is 1. The first-order valence-corrected chi connectivity index (χ1v) is 10.9. The van der Waals surface area contributed by atoms with Gasteiger partial charge >= 0.3 is 0 Å². The first-order chi connectivity index (χ1) is 14.4. The van der Waals surface area contributed by atoms with Gasteiger partial charge in [0.2, 0.25) is 5.91 Å². The third-order valence-corrected chi connectivity index (χ3v) is 6.15. The largest absolute Gasteiger partial charge is 0.497 e. The summed E-state index contributed by atoms with van der Waals surface area (Å²) in [5.41, 5.74) is 1.57. The van der Waals surface area contributed by atoms with Gasteiger partial charge in [-0.1, -0.05) is 43.0 Å². The number of methoxy groups -OCH3 is 1. The highest BCUT2D eigenvalue weighted by molar-refractivity contribution is 8.00. The van der Waals surface area contributed by atoms with E-state index in [1.54, 1.807) is 17.7 Å². The van der Waals surface area contributed by atoms with E-state index in [-0.39, 0.29) is 17.5 Å². The van der Waals surface area contributed by atoms with Gasteiger partial charge in [0.15, 0.2) is 5.16 Å². The van der Waals surface area contributed by atoms with Gasteiger partial charge in [-0.2, -0.15) is 0 Å². The second kappa shape index (κ2) is 9.80. The standard InChI is InChI=1S/C23H27N3O3S/c1-5-15(2)26-22(28)19-8-6-7-9-20(19)25-23(26)30-16(3)21(27)24-14-17-10-12-18(29-4)13-11-17/h6-13,15-16H,5,14H2,1-4H3,(H,24,27)/t15-,16+/m0/s1. The summed E-state index contributed by atoms with van der Waals surface area (Å²) in [6.45, 7) is 6.29. The van der Waals surface area contributed by atoms with Crippen LogP contribution in [0.3, 0.4) is 0 Å². The number of carbonyl (C=O) groups is 1. The van der Waals surface area contributed by atoms with Gasteiger partial charge in [-0.25, -0.2) is 4.98 Å². The van der Waals surface area contributed by atoms with E-state index < -0.39 is 5.25 Å². The van der Waals surface area contributed by atoms with E-state index in [4.69, 9.17) is 9.72 Å². The Morgan fingerprint density at radius 1 is 1.17 bits per heavy atom. The van der Waals surface area contributed by atoms with Crippen molar-refractivity contribution in [3.05, 3.63) is 64.4 Å². The molecular formula is C23H27N3O3S. The van der Waals surface area contributed by atoms with Crippen molar-refractivity contribution >= 4 is 28.6 Å². The highest BCUT2D eigenvalue weighted by Crippen LogP contribution is 2.26. The maximum absolute atomic E-state index is 13.1. The van der Waals surface area contributed by atoms with Gasteiger partial charge in [0, 0.05) is 12.6 Å². The second-order valence-corrected chi connectivity index (χ2v) is 8.48. The number of para-hydroxylation sites is 1. The van der Waals surface area contributed by atoms with Crippen molar-refractivity contribution in [3.8, 4) is 5.75 Å².